The summed E-state index contributed by atoms with van der Waals surface area (Å²) >= 11 is 6.14. The van der Waals surface area contributed by atoms with Crippen molar-refractivity contribution < 1.29 is 9.53 Å². The molecule has 0 bridgehead atoms. The number of nitrogens with zero attached hydrogens (tertiary/aromatic N) is 2. The molecule has 1 aliphatic heterocycles. The number of nitriles is 1. The van der Waals surface area contributed by atoms with E-state index in [1.54, 1.807) is 23.1 Å². The number of fused-ring (bicyclic) bond motifs is 1. The van der Waals surface area contributed by atoms with Crippen LogP contribution in [0.4, 0.5) is 5.69 Å². The number of aromatic nitrogens is 1. The molecule has 1 amide bonds. The first-order valence-corrected chi connectivity index (χ1v) is 6.83. The number of rotatable bonds is 1. The van der Waals surface area contributed by atoms with Crippen molar-refractivity contribution in [1.82, 2.24) is 4.98 Å². The maximum atomic E-state index is 12.6. The predicted octanol–water partition coefficient (Wildman–Crippen LogP) is 2.97. The monoisotopic (exact) mass is 301 g/mol. The van der Waals surface area contributed by atoms with Crippen LogP contribution in [0.25, 0.3) is 0 Å². The van der Waals surface area contributed by atoms with Crippen molar-refractivity contribution in [3.63, 3.8) is 0 Å². The maximum Gasteiger partial charge on any atom is 0.260 e. The minimum Gasteiger partial charge on any atom is -0.485 e. The van der Waals surface area contributed by atoms with Crippen LogP contribution in [-0.2, 0) is 0 Å². The van der Waals surface area contributed by atoms with E-state index in [1.165, 1.54) is 12.3 Å². The van der Waals surface area contributed by atoms with Gasteiger partial charge in [-0.2, -0.15) is 5.26 Å². The highest BCUT2D eigenvalue weighted by molar-refractivity contribution is 6.32. The van der Waals surface area contributed by atoms with E-state index in [0.717, 1.165) is 0 Å². The number of amides is 1. The normalized spacial score (nSPS) is 16.8. The Bertz CT molecular complexity index is 748. The Morgan fingerprint density at radius 3 is 3.10 bits per heavy atom. The summed E-state index contributed by atoms with van der Waals surface area (Å²) in [5.74, 6) is 0.328. The van der Waals surface area contributed by atoms with E-state index in [-0.39, 0.29) is 12.0 Å². The molecule has 3 rings (SSSR count). The zero-order valence-corrected chi connectivity index (χ0v) is 12.0. The second-order valence-electron chi connectivity index (χ2n) is 4.85. The van der Waals surface area contributed by atoms with Gasteiger partial charge >= 0.3 is 0 Å². The zero-order valence-electron chi connectivity index (χ0n) is 11.3. The largest absolute Gasteiger partial charge is 0.485 e. The van der Waals surface area contributed by atoms with Crippen LogP contribution < -0.4 is 9.64 Å². The summed E-state index contributed by atoms with van der Waals surface area (Å²) in [6.07, 6.45) is 1.38. The van der Waals surface area contributed by atoms with E-state index in [1.807, 2.05) is 13.0 Å². The van der Waals surface area contributed by atoms with Crippen LogP contribution in [0.15, 0.2) is 30.5 Å². The number of anilines is 1. The summed E-state index contributed by atoms with van der Waals surface area (Å²) in [7, 11) is 0. The van der Waals surface area contributed by atoms with Gasteiger partial charge in [-0.25, -0.2) is 0 Å². The van der Waals surface area contributed by atoms with Gasteiger partial charge in [-0.3, -0.25) is 4.79 Å². The highest BCUT2D eigenvalue weighted by atomic mass is 35.5. The Hall–Kier alpha value is -2.45. The molecule has 106 valence electrons. The first kappa shape index (κ1) is 13.5. The van der Waals surface area contributed by atoms with Gasteiger partial charge in [0.25, 0.3) is 5.91 Å². The van der Waals surface area contributed by atoms with Gasteiger partial charge in [-0.1, -0.05) is 17.7 Å². The lowest BCUT2D eigenvalue weighted by Gasteiger charge is -2.33. The molecule has 1 N–H and O–H groups in total. The predicted molar refractivity (Wildman–Crippen MR) is 78.7 cm³/mol. The molecule has 0 aliphatic carbocycles. The minimum atomic E-state index is -0.189. The summed E-state index contributed by atoms with van der Waals surface area (Å²) < 4.78 is 5.72. The molecule has 2 heterocycles. The van der Waals surface area contributed by atoms with Crippen LogP contribution in [0.3, 0.4) is 0 Å². The highest BCUT2D eigenvalue weighted by Crippen LogP contribution is 2.39. The van der Waals surface area contributed by atoms with Gasteiger partial charge in [0, 0.05) is 6.20 Å². The molecule has 2 aromatic rings. The van der Waals surface area contributed by atoms with Crippen molar-refractivity contribution in [2.45, 2.75) is 13.0 Å². The molecule has 0 spiro atoms. The highest BCUT2D eigenvalue weighted by Gasteiger charge is 2.30. The Labute approximate surface area is 126 Å². The first-order chi connectivity index (χ1) is 10.1. The van der Waals surface area contributed by atoms with Crippen LogP contribution in [0, 0.1) is 11.3 Å². The molecule has 6 heteroatoms. The number of nitrogens with one attached hydrogen (secondary N) is 1. The van der Waals surface area contributed by atoms with E-state index in [4.69, 9.17) is 21.6 Å². The Kier molecular flexibility index (Phi) is 3.32. The number of benzene rings is 1. The lowest BCUT2D eigenvalue weighted by Crippen LogP contribution is -2.42. The third-order valence-corrected chi connectivity index (χ3v) is 3.59. The fraction of sp³-hybridized carbons (Fsp3) is 0.200. The van der Waals surface area contributed by atoms with Crippen LogP contribution >= 0.6 is 11.6 Å². The molecule has 0 fully saturated rings. The lowest BCUT2D eigenvalue weighted by atomic mass is 10.1. The molecule has 0 saturated carbocycles. The first-order valence-electron chi connectivity index (χ1n) is 6.45. The summed E-state index contributed by atoms with van der Waals surface area (Å²) in [6, 6.07) is 8.80. The van der Waals surface area contributed by atoms with Crippen molar-refractivity contribution in [3.05, 3.63) is 46.7 Å². The van der Waals surface area contributed by atoms with Gasteiger partial charge in [0.15, 0.2) is 5.75 Å². The van der Waals surface area contributed by atoms with E-state index < -0.39 is 0 Å². The number of ether oxygens (including phenoxy) is 1. The standard InChI is InChI=1S/C15H12ClN3O2/c1-9-8-19(13-4-2-3-12(16)14(13)21-9)15(20)10-5-11(6-17)18-7-10/h2-5,7,9,18H,8H2,1H3/t9-/m1/s1. The zero-order chi connectivity index (χ0) is 15.0. The minimum absolute atomic E-state index is 0.157. The van der Waals surface area contributed by atoms with Crippen LogP contribution in [-0.4, -0.2) is 23.5 Å². The number of halogens is 1. The van der Waals surface area contributed by atoms with Crippen molar-refractivity contribution in [3.8, 4) is 11.8 Å². The fourth-order valence-electron chi connectivity index (χ4n) is 2.35. The molecular weight excluding hydrogens is 290 g/mol. The summed E-state index contributed by atoms with van der Waals surface area (Å²) in [6.45, 7) is 2.31. The van der Waals surface area contributed by atoms with Gasteiger partial charge in [0.05, 0.1) is 22.8 Å². The molecular formula is C15H12ClN3O2. The molecule has 0 saturated heterocycles. The number of hydrogen-bond acceptors (Lipinski definition) is 3. The van der Waals surface area contributed by atoms with Gasteiger partial charge in [-0.05, 0) is 25.1 Å². The third kappa shape index (κ3) is 2.34. The molecule has 0 radical (unpaired) electrons. The Morgan fingerprint density at radius 2 is 2.38 bits per heavy atom. The maximum absolute atomic E-state index is 12.6. The summed E-state index contributed by atoms with van der Waals surface area (Å²) in [5.41, 5.74) is 1.43. The molecule has 21 heavy (non-hydrogen) atoms. The van der Waals surface area contributed by atoms with Crippen LogP contribution in [0.2, 0.25) is 5.02 Å². The van der Waals surface area contributed by atoms with Crippen molar-refractivity contribution in [2.24, 2.45) is 0 Å². The smallest absolute Gasteiger partial charge is 0.260 e. The molecule has 5 nitrogen and oxygen atoms in total. The van der Waals surface area contributed by atoms with E-state index in [9.17, 15) is 4.79 Å². The topological polar surface area (TPSA) is 69.1 Å². The lowest BCUT2D eigenvalue weighted by molar-refractivity contribution is 0.0961. The van der Waals surface area contributed by atoms with Gasteiger partial charge < -0.3 is 14.6 Å². The average Bonchev–Trinajstić information content (AvgIpc) is 2.96. The summed E-state index contributed by atoms with van der Waals surface area (Å²) in [4.78, 5) is 17.0. The van der Waals surface area contributed by atoms with Crippen molar-refractivity contribution in [1.29, 1.82) is 5.26 Å². The van der Waals surface area contributed by atoms with E-state index in [0.29, 0.717) is 34.3 Å². The second kappa shape index (κ2) is 5.15. The van der Waals surface area contributed by atoms with Gasteiger partial charge in [-0.15, -0.1) is 0 Å². The fourth-order valence-corrected chi connectivity index (χ4v) is 2.57. The third-order valence-electron chi connectivity index (χ3n) is 3.29. The average molecular weight is 302 g/mol. The van der Waals surface area contributed by atoms with Gasteiger partial charge in [0.1, 0.15) is 17.9 Å². The van der Waals surface area contributed by atoms with Crippen molar-refractivity contribution >= 4 is 23.2 Å². The van der Waals surface area contributed by atoms with E-state index >= 15 is 0 Å². The molecule has 1 aliphatic rings. The molecule has 1 aromatic heterocycles. The van der Waals surface area contributed by atoms with Crippen molar-refractivity contribution in [2.75, 3.05) is 11.4 Å². The summed E-state index contributed by atoms with van der Waals surface area (Å²) in [5, 5.41) is 9.31. The van der Waals surface area contributed by atoms with Gasteiger partial charge in [0.2, 0.25) is 0 Å². The van der Waals surface area contributed by atoms with Crippen LogP contribution in [0.5, 0.6) is 5.75 Å². The van der Waals surface area contributed by atoms with Crippen LogP contribution in [0.1, 0.15) is 23.0 Å². The number of H-pyrrole nitrogens is 1. The number of para-hydroxylation sites is 1. The number of hydrogen-bond donors (Lipinski definition) is 1. The molecule has 1 atom stereocenters. The molecule has 1 aromatic carbocycles. The number of carbonyl (C=O) groups excluding carboxylic acids is 1. The Morgan fingerprint density at radius 1 is 1.57 bits per heavy atom. The SMILES string of the molecule is C[C@@H]1CN(C(=O)c2c[nH]c(C#N)c2)c2cccc(Cl)c2O1. The Balaban J connectivity index is 2.01. The second-order valence-corrected chi connectivity index (χ2v) is 5.25. The number of carbonyl (C=O) groups is 1. The number of aromatic amines is 1. The van der Waals surface area contributed by atoms with E-state index in [2.05, 4.69) is 4.98 Å². The molecule has 0 unspecified atom stereocenters. The quantitative estimate of drug-likeness (QED) is 0.880.